The lowest BCUT2D eigenvalue weighted by atomic mass is 9.97. The number of esters is 1. The molecule has 1 aliphatic rings. The SMILES string of the molecule is CCCCCCCCOCCCNC(=NC)N1CCC(C(=O)OC)CC1. The molecule has 26 heavy (non-hydrogen) atoms. The second kappa shape index (κ2) is 14.8. The third-order valence-electron chi connectivity index (χ3n) is 4.93. The number of guanidine groups is 1. The van der Waals surface area contributed by atoms with E-state index in [0.717, 1.165) is 58.1 Å². The van der Waals surface area contributed by atoms with Gasteiger partial charge in [0.1, 0.15) is 0 Å². The maximum Gasteiger partial charge on any atom is 0.308 e. The van der Waals surface area contributed by atoms with Gasteiger partial charge in [-0.15, -0.1) is 0 Å². The second-order valence-corrected chi connectivity index (χ2v) is 6.99. The average molecular weight is 370 g/mol. The van der Waals surface area contributed by atoms with Gasteiger partial charge in [0.15, 0.2) is 5.96 Å². The Bertz CT molecular complexity index is 394. The molecule has 0 atom stereocenters. The van der Waals surface area contributed by atoms with Crippen LogP contribution in [0, 0.1) is 5.92 Å². The molecule has 0 aliphatic carbocycles. The number of hydrogen-bond donors (Lipinski definition) is 1. The minimum absolute atomic E-state index is 0.0322. The number of carbonyl (C=O) groups excluding carboxylic acids is 1. The zero-order valence-corrected chi connectivity index (χ0v) is 17.1. The summed E-state index contributed by atoms with van der Waals surface area (Å²) in [7, 11) is 3.27. The summed E-state index contributed by atoms with van der Waals surface area (Å²) in [5.74, 6) is 0.865. The Morgan fingerprint density at radius 3 is 2.38 bits per heavy atom. The first-order chi connectivity index (χ1) is 12.7. The van der Waals surface area contributed by atoms with Crippen molar-refractivity contribution >= 4 is 11.9 Å². The third kappa shape index (κ3) is 9.41. The Kier molecular flexibility index (Phi) is 13.0. The van der Waals surface area contributed by atoms with Crippen molar-refractivity contribution in [3.8, 4) is 0 Å². The summed E-state index contributed by atoms with van der Waals surface area (Å²) in [4.78, 5) is 18.2. The molecule has 1 rings (SSSR count). The molecule has 0 aromatic rings. The van der Waals surface area contributed by atoms with E-state index < -0.39 is 0 Å². The largest absolute Gasteiger partial charge is 0.469 e. The minimum Gasteiger partial charge on any atom is -0.469 e. The molecule has 1 saturated heterocycles. The normalized spacial score (nSPS) is 16.0. The van der Waals surface area contributed by atoms with E-state index in [-0.39, 0.29) is 11.9 Å². The van der Waals surface area contributed by atoms with Gasteiger partial charge in [-0.2, -0.15) is 0 Å². The van der Waals surface area contributed by atoms with Crippen LogP contribution in [0.2, 0.25) is 0 Å². The molecule has 1 N–H and O–H groups in total. The molecule has 0 bridgehead atoms. The molecule has 1 fully saturated rings. The Morgan fingerprint density at radius 1 is 1.08 bits per heavy atom. The topological polar surface area (TPSA) is 63.2 Å². The lowest BCUT2D eigenvalue weighted by Crippen LogP contribution is -2.47. The van der Waals surface area contributed by atoms with Gasteiger partial charge in [-0.25, -0.2) is 0 Å². The van der Waals surface area contributed by atoms with Crippen molar-refractivity contribution in [3.05, 3.63) is 0 Å². The average Bonchev–Trinajstić information content (AvgIpc) is 2.68. The van der Waals surface area contributed by atoms with Crippen LogP contribution in [0.3, 0.4) is 0 Å². The van der Waals surface area contributed by atoms with Crippen LogP contribution in [0.1, 0.15) is 64.7 Å². The van der Waals surface area contributed by atoms with E-state index in [9.17, 15) is 4.79 Å². The summed E-state index contributed by atoms with van der Waals surface area (Å²) < 4.78 is 10.5. The van der Waals surface area contributed by atoms with E-state index in [1.165, 1.54) is 45.6 Å². The summed E-state index contributed by atoms with van der Waals surface area (Å²) in [6.45, 7) is 6.46. The van der Waals surface area contributed by atoms with Crippen molar-refractivity contribution in [1.82, 2.24) is 10.2 Å². The molecule has 0 aromatic carbocycles. The van der Waals surface area contributed by atoms with Gasteiger partial charge in [0.25, 0.3) is 0 Å². The number of nitrogens with zero attached hydrogens (tertiary/aromatic N) is 2. The van der Waals surface area contributed by atoms with Crippen LogP contribution in [-0.4, -0.2) is 63.8 Å². The Morgan fingerprint density at radius 2 is 1.73 bits per heavy atom. The first kappa shape index (κ1) is 22.7. The van der Waals surface area contributed by atoms with Crippen molar-refractivity contribution in [1.29, 1.82) is 0 Å². The van der Waals surface area contributed by atoms with Crippen LogP contribution in [-0.2, 0) is 14.3 Å². The number of piperidine rings is 1. The summed E-state index contributed by atoms with van der Waals surface area (Å²) in [5, 5.41) is 3.40. The number of rotatable bonds is 12. The van der Waals surface area contributed by atoms with Gasteiger partial charge in [-0.3, -0.25) is 9.79 Å². The fourth-order valence-corrected chi connectivity index (χ4v) is 3.29. The van der Waals surface area contributed by atoms with Gasteiger partial charge in [0.05, 0.1) is 13.0 Å². The van der Waals surface area contributed by atoms with Crippen molar-refractivity contribution < 1.29 is 14.3 Å². The Labute approximate surface area is 159 Å². The molecular weight excluding hydrogens is 330 g/mol. The number of nitrogens with one attached hydrogen (secondary N) is 1. The molecule has 0 unspecified atom stereocenters. The van der Waals surface area contributed by atoms with E-state index in [1.54, 1.807) is 0 Å². The van der Waals surface area contributed by atoms with E-state index in [2.05, 4.69) is 22.1 Å². The fraction of sp³-hybridized carbons (Fsp3) is 0.900. The lowest BCUT2D eigenvalue weighted by molar-refractivity contribution is -0.146. The molecule has 1 aliphatic heterocycles. The Hall–Kier alpha value is -1.30. The minimum atomic E-state index is -0.0879. The van der Waals surface area contributed by atoms with Crippen molar-refractivity contribution in [2.45, 2.75) is 64.7 Å². The van der Waals surface area contributed by atoms with Gasteiger partial charge >= 0.3 is 5.97 Å². The van der Waals surface area contributed by atoms with Crippen molar-refractivity contribution in [2.24, 2.45) is 10.9 Å². The quantitative estimate of drug-likeness (QED) is 0.248. The van der Waals surface area contributed by atoms with Crippen LogP contribution >= 0.6 is 0 Å². The number of carbonyl (C=O) groups is 1. The number of likely N-dealkylation sites (tertiary alicyclic amines) is 1. The van der Waals surface area contributed by atoms with E-state index in [4.69, 9.17) is 9.47 Å². The Balaban J connectivity index is 2.03. The summed E-state index contributed by atoms with van der Waals surface area (Å²) in [6, 6.07) is 0. The van der Waals surface area contributed by atoms with Gasteiger partial charge in [-0.1, -0.05) is 39.0 Å². The second-order valence-electron chi connectivity index (χ2n) is 6.99. The van der Waals surface area contributed by atoms with Crippen LogP contribution in [0.15, 0.2) is 4.99 Å². The molecule has 1 heterocycles. The maximum absolute atomic E-state index is 11.6. The smallest absolute Gasteiger partial charge is 0.308 e. The lowest BCUT2D eigenvalue weighted by Gasteiger charge is -2.33. The van der Waals surface area contributed by atoms with Gasteiger partial charge < -0.3 is 19.7 Å². The number of methoxy groups -OCH3 is 1. The van der Waals surface area contributed by atoms with Crippen LogP contribution < -0.4 is 5.32 Å². The molecule has 0 amide bonds. The first-order valence-electron chi connectivity index (χ1n) is 10.3. The number of ether oxygens (including phenoxy) is 2. The first-order valence-corrected chi connectivity index (χ1v) is 10.3. The number of unbranched alkanes of at least 4 members (excludes halogenated alkanes) is 5. The maximum atomic E-state index is 11.6. The van der Waals surface area contributed by atoms with Gasteiger partial charge in [0.2, 0.25) is 0 Å². The molecule has 152 valence electrons. The third-order valence-corrected chi connectivity index (χ3v) is 4.93. The zero-order valence-electron chi connectivity index (χ0n) is 17.1. The summed E-state index contributed by atoms with van der Waals surface area (Å²) in [6.07, 6.45) is 10.4. The highest BCUT2D eigenvalue weighted by Gasteiger charge is 2.26. The molecule has 0 spiro atoms. The highest BCUT2D eigenvalue weighted by molar-refractivity contribution is 5.80. The fourth-order valence-electron chi connectivity index (χ4n) is 3.29. The highest BCUT2D eigenvalue weighted by atomic mass is 16.5. The zero-order chi connectivity index (χ0) is 19.0. The van der Waals surface area contributed by atoms with Crippen LogP contribution in [0.25, 0.3) is 0 Å². The van der Waals surface area contributed by atoms with Crippen molar-refractivity contribution in [3.63, 3.8) is 0 Å². The van der Waals surface area contributed by atoms with Gasteiger partial charge in [0, 0.05) is 39.9 Å². The monoisotopic (exact) mass is 369 g/mol. The molecular formula is C20H39N3O3. The molecule has 0 aromatic heterocycles. The summed E-state index contributed by atoms with van der Waals surface area (Å²) in [5.41, 5.74) is 0. The standard InChI is InChI=1S/C20H39N3O3/c1-4-5-6-7-8-9-16-26-17-10-13-22-20(21-2)23-14-11-18(12-15-23)19(24)25-3/h18H,4-17H2,1-3H3,(H,21,22). The number of aliphatic imine (C=N–C) groups is 1. The van der Waals surface area contributed by atoms with Crippen LogP contribution in [0.5, 0.6) is 0 Å². The number of hydrogen-bond acceptors (Lipinski definition) is 4. The van der Waals surface area contributed by atoms with Crippen molar-refractivity contribution in [2.75, 3.05) is 47.0 Å². The van der Waals surface area contributed by atoms with E-state index >= 15 is 0 Å². The molecule has 6 heteroatoms. The summed E-state index contributed by atoms with van der Waals surface area (Å²) >= 11 is 0. The molecule has 0 radical (unpaired) electrons. The van der Waals surface area contributed by atoms with E-state index in [0.29, 0.717) is 0 Å². The predicted octanol–water partition coefficient (Wildman–Crippen LogP) is 3.21. The van der Waals surface area contributed by atoms with Gasteiger partial charge in [-0.05, 0) is 25.7 Å². The molecule has 0 saturated carbocycles. The molecule has 6 nitrogen and oxygen atoms in total. The van der Waals surface area contributed by atoms with E-state index in [1.807, 2.05) is 7.05 Å². The highest BCUT2D eigenvalue weighted by Crippen LogP contribution is 2.18. The predicted molar refractivity (Wildman–Crippen MR) is 106 cm³/mol. The van der Waals surface area contributed by atoms with Crippen LogP contribution in [0.4, 0.5) is 0 Å².